The molecule has 3 nitrogen and oxygen atoms in total. The third-order valence-corrected chi connectivity index (χ3v) is 5.60. The Hall–Kier alpha value is -2.59. The van der Waals surface area contributed by atoms with Gasteiger partial charge in [-0.05, 0) is 36.1 Å². The third-order valence-electron chi connectivity index (χ3n) is 4.46. The van der Waals surface area contributed by atoms with E-state index in [4.69, 9.17) is 0 Å². The summed E-state index contributed by atoms with van der Waals surface area (Å²) in [4.78, 5) is 27.5. The standard InChI is InChI=1S/C22H21NO2S/c1-4-12-23-21(24)19(18-11-10-15(2)16(3)13-18)20(22(23)25)26-14-17-8-6-5-7-9-17/h4-11,13H,1,12,14H2,2-3H3. The lowest BCUT2D eigenvalue weighted by Gasteiger charge is -2.12. The van der Waals surface area contributed by atoms with Gasteiger partial charge in [-0.2, -0.15) is 0 Å². The molecule has 0 aliphatic carbocycles. The van der Waals surface area contributed by atoms with Gasteiger partial charge in [0.15, 0.2) is 0 Å². The molecule has 0 bridgehead atoms. The second-order valence-corrected chi connectivity index (χ2v) is 7.27. The number of carbonyl (C=O) groups is 2. The van der Waals surface area contributed by atoms with Crippen LogP contribution in [-0.4, -0.2) is 23.3 Å². The monoisotopic (exact) mass is 363 g/mol. The summed E-state index contributed by atoms with van der Waals surface area (Å²) < 4.78 is 0. The van der Waals surface area contributed by atoms with Crippen LogP contribution in [0.3, 0.4) is 0 Å². The van der Waals surface area contributed by atoms with Gasteiger partial charge < -0.3 is 0 Å². The summed E-state index contributed by atoms with van der Waals surface area (Å²) in [7, 11) is 0. The largest absolute Gasteiger partial charge is 0.270 e. The van der Waals surface area contributed by atoms with E-state index >= 15 is 0 Å². The topological polar surface area (TPSA) is 37.4 Å². The van der Waals surface area contributed by atoms with Gasteiger partial charge in [0.05, 0.1) is 10.5 Å². The van der Waals surface area contributed by atoms with E-state index in [-0.39, 0.29) is 18.4 Å². The Kier molecular flexibility index (Phi) is 5.43. The van der Waals surface area contributed by atoms with E-state index in [1.807, 2.05) is 62.4 Å². The van der Waals surface area contributed by atoms with Crippen molar-refractivity contribution in [3.8, 4) is 0 Å². The summed E-state index contributed by atoms with van der Waals surface area (Å²) in [6.07, 6.45) is 1.58. The molecule has 0 fully saturated rings. The van der Waals surface area contributed by atoms with Crippen molar-refractivity contribution < 1.29 is 9.59 Å². The number of imide groups is 1. The van der Waals surface area contributed by atoms with Gasteiger partial charge in [-0.25, -0.2) is 0 Å². The Morgan fingerprint density at radius 2 is 1.73 bits per heavy atom. The van der Waals surface area contributed by atoms with Crippen molar-refractivity contribution in [3.05, 3.63) is 88.3 Å². The maximum atomic E-state index is 12.9. The molecular formula is C22H21NO2S. The number of aryl methyl sites for hydroxylation is 2. The first kappa shape index (κ1) is 18.2. The van der Waals surface area contributed by atoms with Crippen molar-refractivity contribution in [2.45, 2.75) is 19.6 Å². The fourth-order valence-electron chi connectivity index (χ4n) is 2.86. The molecule has 132 valence electrons. The average molecular weight is 363 g/mol. The van der Waals surface area contributed by atoms with Crippen LogP contribution in [0.5, 0.6) is 0 Å². The normalized spacial score (nSPS) is 14.3. The summed E-state index contributed by atoms with van der Waals surface area (Å²) in [6.45, 7) is 7.93. The number of thioether (sulfide) groups is 1. The fraction of sp³-hybridized carbons (Fsp3) is 0.182. The van der Waals surface area contributed by atoms with Crippen molar-refractivity contribution >= 4 is 29.1 Å². The number of amides is 2. The van der Waals surface area contributed by atoms with E-state index in [1.54, 1.807) is 6.08 Å². The molecule has 0 unspecified atom stereocenters. The van der Waals surface area contributed by atoms with Crippen LogP contribution >= 0.6 is 11.8 Å². The summed E-state index contributed by atoms with van der Waals surface area (Å²) in [5, 5.41) is 0. The molecule has 0 radical (unpaired) electrons. The van der Waals surface area contributed by atoms with Crippen LogP contribution in [0.4, 0.5) is 0 Å². The van der Waals surface area contributed by atoms with Gasteiger partial charge in [-0.15, -0.1) is 18.3 Å². The Balaban J connectivity index is 2.00. The molecule has 26 heavy (non-hydrogen) atoms. The number of carbonyl (C=O) groups excluding carboxylic acids is 2. The second-order valence-electron chi connectivity index (χ2n) is 6.29. The van der Waals surface area contributed by atoms with Gasteiger partial charge in [0.25, 0.3) is 11.8 Å². The minimum absolute atomic E-state index is 0.224. The molecule has 0 saturated carbocycles. The van der Waals surface area contributed by atoms with Crippen LogP contribution in [0.2, 0.25) is 0 Å². The Morgan fingerprint density at radius 1 is 1.00 bits per heavy atom. The van der Waals surface area contributed by atoms with Gasteiger partial charge in [0.2, 0.25) is 0 Å². The number of benzene rings is 2. The highest BCUT2D eigenvalue weighted by Crippen LogP contribution is 2.37. The molecule has 0 spiro atoms. The van der Waals surface area contributed by atoms with E-state index in [0.29, 0.717) is 16.2 Å². The van der Waals surface area contributed by atoms with Crippen molar-refractivity contribution in [2.75, 3.05) is 6.54 Å². The highest BCUT2D eigenvalue weighted by Gasteiger charge is 2.38. The molecule has 1 aliphatic rings. The van der Waals surface area contributed by atoms with E-state index in [2.05, 4.69) is 6.58 Å². The van der Waals surface area contributed by atoms with Crippen molar-refractivity contribution in [2.24, 2.45) is 0 Å². The van der Waals surface area contributed by atoms with Crippen LogP contribution in [0.15, 0.2) is 66.1 Å². The lowest BCUT2D eigenvalue weighted by Crippen LogP contribution is -2.31. The van der Waals surface area contributed by atoms with Crippen molar-refractivity contribution in [1.29, 1.82) is 0 Å². The maximum Gasteiger partial charge on any atom is 0.268 e. The Morgan fingerprint density at radius 3 is 2.38 bits per heavy atom. The van der Waals surface area contributed by atoms with Gasteiger partial charge in [-0.3, -0.25) is 14.5 Å². The summed E-state index contributed by atoms with van der Waals surface area (Å²) in [5.41, 5.74) is 4.68. The van der Waals surface area contributed by atoms with Gasteiger partial charge in [0.1, 0.15) is 0 Å². The number of rotatable bonds is 6. The molecule has 2 aromatic carbocycles. The minimum Gasteiger partial charge on any atom is -0.270 e. The lowest BCUT2D eigenvalue weighted by atomic mass is 10.0. The molecule has 1 heterocycles. The summed E-state index contributed by atoms with van der Waals surface area (Å²) >= 11 is 1.42. The fourth-order valence-corrected chi connectivity index (χ4v) is 3.95. The van der Waals surface area contributed by atoms with Gasteiger partial charge in [-0.1, -0.05) is 54.6 Å². The van der Waals surface area contributed by atoms with Crippen molar-refractivity contribution in [3.63, 3.8) is 0 Å². The highest BCUT2D eigenvalue weighted by molar-refractivity contribution is 8.03. The maximum absolute atomic E-state index is 12.9. The molecule has 2 amide bonds. The molecule has 1 aliphatic heterocycles. The van der Waals surface area contributed by atoms with E-state index in [9.17, 15) is 9.59 Å². The quantitative estimate of drug-likeness (QED) is 0.560. The van der Waals surface area contributed by atoms with Gasteiger partial charge in [0, 0.05) is 12.3 Å². The zero-order chi connectivity index (χ0) is 18.7. The first-order valence-corrected chi connectivity index (χ1v) is 9.47. The highest BCUT2D eigenvalue weighted by atomic mass is 32.2. The van der Waals surface area contributed by atoms with Crippen LogP contribution in [0.25, 0.3) is 5.57 Å². The summed E-state index contributed by atoms with van der Waals surface area (Å²) in [6, 6.07) is 15.8. The molecule has 0 atom stereocenters. The number of nitrogens with zero attached hydrogens (tertiary/aromatic N) is 1. The first-order valence-electron chi connectivity index (χ1n) is 8.48. The molecule has 0 saturated heterocycles. The Bertz CT molecular complexity index is 900. The number of hydrogen-bond acceptors (Lipinski definition) is 3. The molecule has 0 aromatic heterocycles. The molecule has 2 aromatic rings. The van der Waals surface area contributed by atoms with Gasteiger partial charge >= 0.3 is 0 Å². The van der Waals surface area contributed by atoms with E-state index < -0.39 is 0 Å². The SMILES string of the molecule is C=CCN1C(=O)C(SCc2ccccc2)=C(c2ccc(C)c(C)c2)C1=O. The number of hydrogen-bond donors (Lipinski definition) is 0. The minimum atomic E-state index is -0.242. The van der Waals surface area contributed by atoms with Crippen LogP contribution in [0, 0.1) is 13.8 Å². The van der Waals surface area contributed by atoms with Crippen LogP contribution < -0.4 is 0 Å². The van der Waals surface area contributed by atoms with Crippen LogP contribution in [-0.2, 0) is 15.3 Å². The molecule has 0 N–H and O–H groups in total. The average Bonchev–Trinajstić information content (AvgIpc) is 2.88. The molecular weight excluding hydrogens is 342 g/mol. The van der Waals surface area contributed by atoms with Crippen LogP contribution in [0.1, 0.15) is 22.3 Å². The lowest BCUT2D eigenvalue weighted by molar-refractivity contribution is -0.135. The predicted molar refractivity (Wildman–Crippen MR) is 107 cm³/mol. The van der Waals surface area contributed by atoms with E-state index in [1.165, 1.54) is 16.7 Å². The first-order chi connectivity index (χ1) is 12.5. The smallest absolute Gasteiger partial charge is 0.268 e. The third kappa shape index (κ3) is 3.51. The molecule has 4 heteroatoms. The molecule has 3 rings (SSSR count). The summed E-state index contributed by atoms with van der Waals surface area (Å²) in [5.74, 6) is 0.170. The van der Waals surface area contributed by atoms with E-state index in [0.717, 1.165) is 22.3 Å². The zero-order valence-corrected chi connectivity index (χ0v) is 15.8. The predicted octanol–water partition coefficient (Wildman–Crippen LogP) is 4.50. The van der Waals surface area contributed by atoms with Crippen molar-refractivity contribution in [1.82, 2.24) is 4.90 Å². The second kappa shape index (κ2) is 7.75. The Labute approximate surface area is 158 Å². The zero-order valence-electron chi connectivity index (χ0n) is 15.0.